The summed E-state index contributed by atoms with van der Waals surface area (Å²) in [7, 11) is -1.12. The lowest BCUT2D eigenvalue weighted by molar-refractivity contribution is 0.348. The van der Waals surface area contributed by atoms with Crippen LogP contribution in [0.25, 0.3) is 0 Å². The monoisotopic (exact) mass is 331 g/mol. The van der Waals surface area contributed by atoms with Gasteiger partial charge in [0, 0.05) is 25.2 Å². The maximum Gasteiger partial charge on any atom is 0.246 e. The van der Waals surface area contributed by atoms with Gasteiger partial charge in [0.05, 0.1) is 14.2 Å². The summed E-state index contributed by atoms with van der Waals surface area (Å²) in [5.41, 5.74) is 0. The van der Waals surface area contributed by atoms with Crippen LogP contribution in [0.5, 0.6) is 11.5 Å². The lowest BCUT2D eigenvalue weighted by Crippen LogP contribution is -2.34. The van der Waals surface area contributed by atoms with E-state index in [-0.39, 0.29) is 16.4 Å². The molecule has 0 aromatic heterocycles. The van der Waals surface area contributed by atoms with Gasteiger partial charge in [0.2, 0.25) is 10.0 Å². The minimum Gasteiger partial charge on any atom is -0.493 e. The van der Waals surface area contributed by atoms with Crippen LogP contribution in [0.3, 0.4) is 0 Å². The zero-order chi connectivity index (χ0) is 16.3. The summed E-state index contributed by atoms with van der Waals surface area (Å²) in [6.07, 6.45) is 2.75. The molecule has 22 heavy (non-hydrogen) atoms. The van der Waals surface area contributed by atoms with Crippen molar-refractivity contribution in [2.45, 2.75) is 31.1 Å². The number of halogens is 1. The lowest BCUT2D eigenvalue weighted by atomic mass is 10.3. The van der Waals surface area contributed by atoms with Crippen LogP contribution in [0.1, 0.15) is 26.2 Å². The van der Waals surface area contributed by atoms with Gasteiger partial charge in [-0.15, -0.1) is 0 Å². The van der Waals surface area contributed by atoms with Crippen LogP contribution < -0.4 is 9.47 Å². The van der Waals surface area contributed by atoms with E-state index in [1.807, 2.05) is 6.92 Å². The highest BCUT2D eigenvalue weighted by Gasteiger charge is 2.33. The van der Waals surface area contributed by atoms with Crippen molar-refractivity contribution >= 4 is 10.0 Å². The number of nitrogens with zero attached hydrogens (tertiary/aromatic N) is 1. The van der Waals surface area contributed by atoms with Gasteiger partial charge in [-0.2, -0.15) is 4.31 Å². The molecule has 0 unspecified atom stereocenters. The van der Waals surface area contributed by atoms with Gasteiger partial charge in [0.15, 0.2) is 11.5 Å². The molecule has 0 heterocycles. The fourth-order valence-electron chi connectivity index (χ4n) is 2.32. The number of ether oxygens (including phenoxy) is 2. The molecule has 1 aliphatic carbocycles. The SMILES string of the molecule is CCCN(CC1CC1)S(=O)(=O)c1cc(OC)c(OC)cc1F. The Hall–Kier alpha value is -1.34. The number of sulfonamides is 1. The smallest absolute Gasteiger partial charge is 0.246 e. The summed E-state index contributed by atoms with van der Waals surface area (Å²) in [4.78, 5) is -0.362. The first kappa shape index (κ1) is 17.0. The van der Waals surface area contributed by atoms with Crippen LogP contribution in [0.4, 0.5) is 4.39 Å². The fraction of sp³-hybridized carbons (Fsp3) is 0.600. The van der Waals surface area contributed by atoms with E-state index in [0.717, 1.165) is 18.9 Å². The Balaban J connectivity index is 2.41. The molecule has 0 radical (unpaired) electrons. The average Bonchev–Trinajstić information content (AvgIpc) is 3.30. The number of benzene rings is 1. The summed E-state index contributed by atoms with van der Waals surface area (Å²) in [6.45, 7) is 2.73. The molecule has 0 aliphatic heterocycles. The Bertz CT molecular complexity index is 629. The van der Waals surface area contributed by atoms with Crippen molar-refractivity contribution in [2.75, 3.05) is 27.3 Å². The molecule has 7 heteroatoms. The highest BCUT2D eigenvalue weighted by atomic mass is 32.2. The average molecular weight is 331 g/mol. The van der Waals surface area contributed by atoms with Crippen molar-refractivity contribution in [3.63, 3.8) is 0 Å². The van der Waals surface area contributed by atoms with Crippen molar-refractivity contribution in [1.29, 1.82) is 0 Å². The normalized spacial score (nSPS) is 15.1. The molecule has 1 aromatic rings. The molecule has 0 atom stereocenters. The number of hydrogen-bond acceptors (Lipinski definition) is 4. The second kappa shape index (κ2) is 6.83. The van der Waals surface area contributed by atoms with E-state index >= 15 is 0 Å². The van der Waals surface area contributed by atoms with Crippen LogP contribution >= 0.6 is 0 Å². The van der Waals surface area contributed by atoms with Crippen molar-refractivity contribution in [3.05, 3.63) is 17.9 Å². The van der Waals surface area contributed by atoms with E-state index in [4.69, 9.17) is 9.47 Å². The van der Waals surface area contributed by atoms with Gasteiger partial charge in [0.25, 0.3) is 0 Å². The van der Waals surface area contributed by atoms with Gasteiger partial charge in [-0.1, -0.05) is 6.92 Å². The third-order valence-electron chi connectivity index (χ3n) is 3.69. The van der Waals surface area contributed by atoms with Gasteiger partial charge in [-0.25, -0.2) is 12.8 Å². The third-order valence-corrected chi connectivity index (χ3v) is 5.57. The van der Waals surface area contributed by atoms with Crippen molar-refractivity contribution in [2.24, 2.45) is 5.92 Å². The van der Waals surface area contributed by atoms with Crippen LogP contribution in [0, 0.1) is 11.7 Å². The van der Waals surface area contributed by atoms with Gasteiger partial charge in [0.1, 0.15) is 10.7 Å². The first-order valence-electron chi connectivity index (χ1n) is 7.35. The fourth-order valence-corrected chi connectivity index (χ4v) is 3.99. The molecule has 0 saturated heterocycles. The maximum atomic E-state index is 14.3. The molecular formula is C15H22FNO4S. The van der Waals surface area contributed by atoms with Crippen molar-refractivity contribution < 1.29 is 22.3 Å². The predicted octanol–water partition coefficient (Wildman–Crippen LogP) is 2.65. The van der Waals surface area contributed by atoms with Crippen LogP contribution in [0.2, 0.25) is 0 Å². The molecule has 1 aliphatic rings. The lowest BCUT2D eigenvalue weighted by Gasteiger charge is -2.22. The second-order valence-electron chi connectivity index (χ2n) is 5.44. The summed E-state index contributed by atoms with van der Waals surface area (Å²) >= 11 is 0. The predicted molar refractivity (Wildman–Crippen MR) is 81.3 cm³/mol. The Morgan fingerprint density at radius 3 is 2.32 bits per heavy atom. The van der Waals surface area contributed by atoms with E-state index < -0.39 is 15.8 Å². The molecule has 5 nitrogen and oxygen atoms in total. The number of methoxy groups -OCH3 is 2. The van der Waals surface area contributed by atoms with E-state index in [1.54, 1.807) is 0 Å². The maximum absolute atomic E-state index is 14.3. The Morgan fingerprint density at radius 2 is 1.82 bits per heavy atom. The molecule has 1 fully saturated rings. The quantitative estimate of drug-likeness (QED) is 0.735. The first-order chi connectivity index (χ1) is 10.4. The molecule has 124 valence electrons. The Labute approximate surface area is 131 Å². The molecule has 0 spiro atoms. The van der Waals surface area contributed by atoms with Crippen LogP contribution in [-0.2, 0) is 10.0 Å². The zero-order valence-corrected chi connectivity index (χ0v) is 14.0. The van der Waals surface area contributed by atoms with Gasteiger partial charge in [-0.05, 0) is 25.2 Å². The van der Waals surface area contributed by atoms with E-state index in [0.29, 0.717) is 25.4 Å². The largest absolute Gasteiger partial charge is 0.493 e. The molecule has 0 bridgehead atoms. The summed E-state index contributed by atoms with van der Waals surface area (Å²) in [6, 6.07) is 2.24. The highest BCUT2D eigenvalue weighted by molar-refractivity contribution is 7.89. The minimum atomic E-state index is -3.88. The standard InChI is InChI=1S/C15H22FNO4S/c1-4-7-17(10-11-5-6-11)22(18,19)15-9-14(21-3)13(20-2)8-12(15)16/h8-9,11H,4-7,10H2,1-3H3. The van der Waals surface area contributed by atoms with E-state index in [9.17, 15) is 12.8 Å². The summed E-state index contributed by atoms with van der Waals surface area (Å²) in [5.74, 6) is -0.0624. The van der Waals surface area contributed by atoms with Gasteiger partial charge >= 0.3 is 0 Å². The molecule has 2 rings (SSSR count). The topological polar surface area (TPSA) is 55.8 Å². The number of rotatable bonds is 8. The molecular weight excluding hydrogens is 309 g/mol. The molecule has 0 N–H and O–H groups in total. The van der Waals surface area contributed by atoms with Crippen molar-refractivity contribution in [1.82, 2.24) is 4.31 Å². The molecule has 1 aromatic carbocycles. The Morgan fingerprint density at radius 1 is 1.23 bits per heavy atom. The number of hydrogen-bond donors (Lipinski definition) is 0. The van der Waals surface area contributed by atoms with Crippen molar-refractivity contribution in [3.8, 4) is 11.5 Å². The molecule has 0 amide bonds. The van der Waals surface area contributed by atoms with Gasteiger partial charge < -0.3 is 9.47 Å². The highest BCUT2D eigenvalue weighted by Crippen LogP contribution is 2.35. The second-order valence-corrected chi connectivity index (χ2v) is 7.35. The Kier molecular flexibility index (Phi) is 5.28. The summed E-state index contributed by atoms with van der Waals surface area (Å²) < 4.78 is 51.2. The minimum absolute atomic E-state index is 0.170. The summed E-state index contributed by atoms with van der Waals surface area (Å²) in [5, 5.41) is 0. The third kappa shape index (κ3) is 3.52. The van der Waals surface area contributed by atoms with Crippen LogP contribution in [0.15, 0.2) is 17.0 Å². The van der Waals surface area contributed by atoms with Crippen LogP contribution in [-0.4, -0.2) is 40.0 Å². The van der Waals surface area contributed by atoms with E-state index in [1.165, 1.54) is 24.6 Å². The zero-order valence-electron chi connectivity index (χ0n) is 13.1. The van der Waals surface area contributed by atoms with E-state index in [2.05, 4.69) is 0 Å². The van der Waals surface area contributed by atoms with Gasteiger partial charge in [-0.3, -0.25) is 0 Å². The first-order valence-corrected chi connectivity index (χ1v) is 8.79. The molecule has 1 saturated carbocycles.